The van der Waals surface area contributed by atoms with Crippen molar-refractivity contribution in [3.05, 3.63) is 34.3 Å². The summed E-state index contributed by atoms with van der Waals surface area (Å²) in [5.41, 5.74) is 2.57. The van der Waals surface area contributed by atoms with Crippen LogP contribution in [0.5, 0.6) is 0 Å². The third kappa shape index (κ3) is 3.18. The van der Waals surface area contributed by atoms with Crippen LogP contribution in [0.15, 0.2) is 23.6 Å². The lowest BCUT2D eigenvalue weighted by atomic mass is 10.2. The van der Waals surface area contributed by atoms with Crippen LogP contribution in [-0.2, 0) is 6.54 Å². The quantitative estimate of drug-likeness (QED) is 0.571. The Kier molecular flexibility index (Phi) is 4.11. The summed E-state index contributed by atoms with van der Waals surface area (Å²) in [4.78, 5) is 10.0. The molecule has 0 fully saturated rings. The van der Waals surface area contributed by atoms with Gasteiger partial charge in [-0.3, -0.25) is 0 Å². The number of aromatic nitrogens is 2. The van der Waals surface area contributed by atoms with Crippen LogP contribution in [0, 0.1) is 0 Å². The topological polar surface area (TPSA) is 75.9 Å². The van der Waals surface area contributed by atoms with E-state index in [4.69, 9.17) is 5.84 Å². The third-order valence-corrected chi connectivity index (χ3v) is 3.31. The van der Waals surface area contributed by atoms with Crippen molar-refractivity contribution in [1.82, 2.24) is 9.97 Å². The molecule has 2 rings (SSSR count). The van der Waals surface area contributed by atoms with Crippen LogP contribution in [0.25, 0.3) is 0 Å². The van der Waals surface area contributed by atoms with Crippen LogP contribution in [0.2, 0.25) is 0 Å². The van der Waals surface area contributed by atoms with E-state index >= 15 is 0 Å². The van der Waals surface area contributed by atoms with Crippen molar-refractivity contribution in [2.75, 3.05) is 10.7 Å². The lowest BCUT2D eigenvalue weighted by Crippen LogP contribution is -2.12. The number of hydrazine groups is 1. The molecule has 0 aromatic carbocycles. The molecule has 18 heavy (non-hydrogen) atoms. The van der Waals surface area contributed by atoms with Gasteiger partial charge in [0.1, 0.15) is 17.5 Å². The Labute approximate surface area is 110 Å². The fourth-order valence-electron chi connectivity index (χ4n) is 1.48. The van der Waals surface area contributed by atoms with Crippen molar-refractivity contribution in [1.29, 1.82) is 0 Å². The number of anilines is 2. The van der Waals surface area contributed by atoms with Gasteiger partial charge in [0, 0.05) is 16.9 Å². The van der Waals surface area contributed by atoms with Crippen molar-refractivity contribution < 1.29 is 0 Å². The van der Waals surface area contributed by atoms with E-state index in [-0.39, 0.29) is 5.92 Å². The van der Waals surface area contributed by atoms with E-state index in [2.05, 4.69) is 46.0 Å². The van der Waals surface area contributed by atoms with Crippen molar-refractivity contribution in [2.24, 2.45) is 5.84 Å². The first-order valence-corrected chi connectivity index (χ1v) is 6.69. The van der Waals surface area contributed by atoms with Crippen LogP contribution in [0.4, 0.5) is 11.6 Å². The Hall–Kier alpha value is -1.66. The molecule has 0 amide bonds. The van der Waals surface area contributed by atoms with Crippen molar-refractivity contribution in [3.8, 4) is 0 Å². The lowest BCUT2D eigenvalue weighted by molar-refractivity contribution is 0.775. The molecule has 6 heteroatoms. The van der Waals surface area contributed by atoms with Gasteiger partial charge in [-0.05, 0) is 11.4 Å². The fraction of sp³-hybridized carbons (Fsp3) is 0.333. The number of nitrogens with zero attached hydrogens (tertiary/aromatic N) is 2. The molecule has 0 aliphatic carbocycles. The van der Waals surface area contributed by atoms with Crippen LogP contribution >= 0.6 is 11.3 Å². The first-order chi connectivity index (χ1) is 8.69. The van der Waals surface area contributed by atoms with E-state index < -0.39 is 0 Å². The molecule has 0 saturated carbocycles. The molecule has 0 bridgehead atoms. The number of nitrogen functional groups attached to an aromatic ring is 1. The molecule has 96 valence electrons. The van der Waals surface area contributed by atoms with Crippen LogP contribution in [0.3, 0.4) is 0 Å². The zero-order chi connectivity index (χ0) is 13.0. The van der Waals surface area contributed by atoms with E-state index in [9.17, 15) is 0 Å². The van der Waals surface area contributed by atoms with Crippen LogP contribution < -0.4 is 16.6 Å². The lowest BCUT2D eigenvalue weighted by Gasteiger charge is -2.10. The first-order valence-electron chi connectivity index (χ1n) is 5.81. The minimum Gasteiger partial charge on any atom is -0.365 e. The average molecular weight is 263 g/mol. The van der Waals surface area contributed by atoms with Gasteiger partial charge in [-0.1, -0.05) is 19.9 Å². The summed E-state index contributed by atoms with van der Waals surface area (Å²) in [6.45, 7) is 4.87. The highest BCUT2D eigenvalue weighted by atomic mass is 32.1. The Bertz CT molecular complexity index is 495. The van der Waals surface area contributed by atoms with Gasteiger partial charge in [0.2, 0.25) is 0 Å². The summed E-state index contributed by atoms with van der Waals surface area (Å²) in [5, 5.41) is 5.34. The summed E-state index contributed by atoms with van der Waals surface area (Å²) in [5.74, 6) is 7.87. The highest BCUT2D eigenvalue weighted by Gasteiger charge is 2.07. The average Bonchev–Trinajstić information content (AvgIpc) is 2.89. The summed E-state index contributed by atoms with van der Waals surface area (Å²) < 4.78 is 0. The predicted molar refractivity (Wildman–Crippen MR) is 75.6 cm³/mol. The van der Waals surface area contributed by atoms with Gasteiger partial charge in [-0.25, -0.2) is 15.8 Å². The SMILES string of the molecule is CC(C)c1nc(NN)cc(NCc2cccs2)n1. The third-order valence-electron chi connectivity index (χ3n) is 2.43. The smallest absolute Gasteiger partial charge is 0.145 e. The highest BCUT2D eigenvalue weighted by Crippen LogP contribution is 2.17. The highest BCUT2D eigenvalue weighted by molar-refractivity contribution is 7.09. The van der Waals surface area contributed by atoms with Gasteiger partial charge >= 0.3 is 0 Å². The molecule has 0 unspecified atom stereocenters. The largest absolute Gasteiger partial charge is 0.365 e. The maximum absolute atomic E-state index is 5.41. The fourth-order valence-corrected chi connectivity index (χ4v) is 2.12. The predicted octanol–water partition coefficient (Wildman–Crippen LogP) is 2.56. The first kappa shape index (κ1) is 12.8. The summed E-state index contributed by atoms with van der Waals surface area (Å²) in [6, 6.07) is 5.93. The summed E-state index contributed by atoms with van der Waals surface area (Å²) >= 11 is 1.72. The molecule has 0 radical (unpaired) electrons. The van der Waals surface area contributed by atoms with Crippen molar-refractivity contribution in [3.63, 3.8) is 0 Å². The minimum atomic E-state index is 0.264. The van der Waals surface area contributed by atoms with Crippen LogP contribution in [0.1, 0.15) is 30.5 Å². The molecule has 5 nitrogen and oxygen atoms in total. The van der Waals surface area contributed by atoms with Gasteiger partial charge in [0.05, 0.1) is 6.54 Å². The minimum absolute atomic E-state index is 0.264. The number of thiophene rings is 1. The second-order valence-electron chi connectivity index (χ2n) is 4.23. The number of nitrogens with two attached hydrogens (primary N) is 1. The summed E-state index contributed by atoms with van der Waals surface area (Å²) in [6.07, 6.45) is 0. The zero-order valence-corrected chi connectivity index (χ0v) is 11.3. The molecule has 2 aromatic heterocycles. The Balaban J connectivity index is 2.13. The Morgan fingerprint density at radius 3 is 2.72 bits per heavy atom. The second kappa shape index (κ2) is 5.79. The number of nitrogens with one attached hydrogen (secondary N) is 2. The molecule has 0 spiro atoms. The molecule has 0 atom stereocenters. The van der Waals surface area contributed by atoms with Gasteiger partial charge in [0.15, 0.2) is 0 Å². The van der Waals surface area contributed by atoms with Crippen molar-refractivity contribution in [2.45, 2.75) is 26.3 Å². The zero-order valence-electron chi connectivity index (χ0n) is 10.5. The normalized spacial score (nSPS) is 10.7. The maximum atomic E-state index is 5.41. The van der Waals surface area contributed by atoms with Gasteiger partial charge in [0.25, 0.3) is 0 Å². The standard InChI is InChI=1S/C12H17N5S/c1-8(2)12-15-10(6-11(16-12)17-13)14-7-9-4-3-5-18-9/h3-6,8H,7,13H2,1-2H3,(H2,14,15,16,17). The molecule has 2 aromatic rings. The number of hydrogen-bond donors (Lipinski definition) is 3. The molecule has 0 aliphatic heterocycles. The van der Waals surface area contributed by atoms with Gasteiger partial charge < -0.3 is 10.7 Å². The molecular weight excluding hydrogens is 246 g/mol. The summed E-state index contributed by atoms with van der Waals surface area (Å²) in [7, 11) is 0. The van der Waals surface area contributed by atoms with E-state index in [1.54, 1.807) is 17.4 Å². The molecule has 2 heterocycles. The second-order valence-corrected chi connectivity index (χ2v) is 5.26. The van der Waals surface area contributed by atoms with E-state index in [1.165, 1.54) is 4.88 Å². The molecular formula is C12H17N5S. The maximum Gasteiger partial charge on any atom is 0.145 e. The Morgan fingerprint density at radius 1 is 1.33 bits per heavy atom. The monoisotopic (exact) mass is 263 g/mol. The number of hydrogen-bond acceptors (Lipinski definition) is 6. The molecule has 0 saturated heterocycles. The van der Waals surface area contributed by atoms with E-state index in [0.717, 1.165) is 18.2 Å². The van der Waals surface area contributed by atoms with Crippen LogP contribution in [-0.4, -0.2) is 9.97 Å². The number of rotatable bonds is 5. The van der Waals surface area contributed by atoms with Gasteiger partial charge in [-0.15, -0.1) is 11.3 Å². The Morgan fingerprint density at radius 2 is 2.11 bits per heavy atom. The molecule has 0 aliphatic rings. The van der Waals surface area contributed by atoms with Crippen molar-refractivity contribution >= 4 is 23.0 Å². The van der Waals surface area contributed by atoms with E-state index in [1.807, 2.05) is 6.07 Å². The van der Waals surface area contributed by atoms with E-state index in [0.29, 0.717) is 5.82 Å². The molecule has 4 N–H and O–H groups in total. The van der Waals surface area contributed by atoms with Gasteiger partial charge in [-0.2, -0.15) is 0 Å².